The third kappa shape index (κ3) is 1.18. The lowest BCUT2D eigenvalue weighted by atomic mass is 9.98. The van der Waals surface area contributed by atoms with Crippen LogP contribution in [0.25, 0.3) is 0 Å². The highest BCUT2D eigenvalue weighted by molar-refractivity contribution is 4.80. The Morgan fingerprint density at radius 2 is 2.10 bits per heavy atom. The summed E-state index contributed by atoms with van der Waals surface area (Å²) in [6.07, 6.45) is 7.09. The minimum Gasteiger partial charge on any atom is -0.255 e. The Labute approximate surface area is 62.6 Å². The molecule has 10 heavy (non-hydrogen) atoms. The van der Waals surface area contributed by atoms with Crippen LogP contribution >= 0.6 is 0 Å². The predicted octanol–water partition coefficient (Wildman–Crippen LogP) is 1.14. The molecular weight excluding hydrogens is 124 g/mol. The third-order valence-corrected chi connectivity index (χ3v) is 2.67. The summed E-state index contributed by atoms with van der Waals surface area (Å²) in [5.74, 6) is 0. The summed E-state index contributed by atoms with van der Waals surface area (Å²) < 4.78 is 0. The molecule has 1 N–H and O–H groups in total. The molecule has 0 aromatic rings. The summed E-state index contributed by atoms with van der Waals surface area (Å²) in [6.45, 7) is 2.49. The number of fused-ring (bicyclic) bond motifs is 1. The maximum atomic E-state index is 3.45. The van der Waals surface area contributed by atoms with Gasteiger partial charge < -0.3 is 0 Å². The second-order valence-corrected chi connectivity index (χ2v) is 3.39. The molecule has 2 heterocycles. The van der Waals surface area contributed by atoms with E-state index in [2.05, 4.69) is 10.4 Å². The molecule has 2 fully saturated rings. The molecule has 0 aliphatic carbocycles. The summed E-state index contributed by atoms with van der Waals surface area (Å²) in [4.78, 5) is 0. The number of hydrazine groups is 1. The van der Waals surface area contributed by atoms with Gasteiger partial charge in [0.25, 0.3) is 0 Å². The Morgan fingerprint density at radius 1 is 1.10 bits per heavy atom. The van der Waals surface area contributed by atoms with Crippen LogP contribution in [0.4, 0.5) is 0 Å². The largest absolute Gasteiger partial charge is 0.255 e. The molecule has 2 heteroatoms. The van der Waals surface area contributed by atoms with Crippen molar-refractivity contribution in [3.05, 3.63) is 0 Å². The Hall–Kier alpha value is -0.0800. The second-order valence-electron chi connectivity index (χ2n) is 3.39. The van der Waals surface area contributed by atoms with E-state index < -0.39 is 0 Å². The van der Waals surface area contributed by atoms with Crippen molar-refractivity contribution < 1.29 is 0 Å². The van der Waals surface area contributed by atoms with Crippen molar-refractivity contribution in [2.24, 2.45) is 0 Å². The monoisotopic (exact) mass is 140 g/mol. The van der Waals surface area contributed by atoms with Crippen LogP contribution in [-0.4, -0.2) is 24.1 Å². The molecule has 1 unspecified atom stereocenters. The van der Waals surface area contributed by atoms with Gasteiger partial charge in [-0.1, -0.05) is 12.8 Å². The molecule has 0 aromatic heterocycles. The van der Waals surface area contributed by atoms with Crippen LogP contribution in [0.5, 0.6) is 0 Å². The van der Waals surface area contributed by atoms with Crippen molar-refractivity contribution >= 4 is 0 Å². The van der Waals surface area contributed by atoms with Crippen molar-refractivity contribution in [3.63, 3.8) is 0 Å². The van der Waals surface area contributed by atoms with E-state index >= 15 is 0 Å². The summed E-state index contributed by atoms with van der Waals surface area (Å²) >= 11 is 0. The standard InChI is InChI=1S/C8H16N2/c1-2-4-8-5-7-10(8)9-6-3-1/h8-9H,1-7H2. The number of rotatable bonds is 0. The lowest BCUT2D eigenvalue weighted by molar-refractivity contribution is 0.0183. The maximum absolute atomic E-state index is 3.45. The zero-order chi connectivity index (χ0) is 6.81. The first-order valence-corrected chi connectivity index (χ1v) is 4.47. The van der Waals surface area contributed by atoms with Crippen LogP contribution in [0.2, 0.25) is 0 Å². The molecular formula is C8H16N2. The summed E-state index contributed by atoms with van der Waals surface area (Å²) in [5, 5.41) is 2.42. The minimum atomic E-state index is 0.889. The van der Waals surface area contributed by atoms with Gasteiger partial charge in [0.1, 0.15) is 0 Å². The molecule has 2 aliphatic rings. The lowest BCUT2D eigenvalue weighted by Crippen LogP contribution is -2.56. The van der Waals surface area contributed by atoms with Crippen LogP contribution in [0, 0.1) is 0 Å². The average Bonchev–Trinajstić information content (AvgIpc) is 1.89. The number of hydrogen-bond acceptors (Lipinski definition) is 2. The molecule has 0 saturated carbocycles. The van der Waals surface area contributed by atoms with E-state index in [1.165, 1.54) is 45.2 Å². The first kappa shape index (κ1) is 6.62. The van der Waals surface area contributed by atoms with E-state index in [0.717, 1.165) is 6.04 Å². The van der Waals surface area contributed by atoms with Crippen molar-refractivity contribution in [2.45, 2.75) is 38.1 Å². The van der Waals surface area contributed by atoms with Gasteiger partial charge in [0.05, 0.1) is 0 Å². The summed E-state index contributed by atoms with van der Waals surface area (Å²) in [6, 6.07) is 0.889. The molecule has 2 aliphatic heterocycles. The SMILES string of the molecule is C1CCNN2CCC2CC1. The topological polar surface area (TPSA) is 15.3 Å². The van der Waals surface area contributed by atoms with E-state index in [-0.39, 0.29) is 0 Å². The van der Waals surface area contributed by atoms with Gasteiger partial charge >= 0.3 is 0 Å². The Kier molecular flexibility index (Phi) is 1.91. The molecule has 0 bridgehead atoms. The van der Waals surface area contributed by atoms with Crippen molar-refractivity contribution in [1.29, 1.82) is 0 Å². The molecule has 1 atom stereocenters. The number of hydrogen-bond donors (Lipinski definition) is 1. The number of nitrogens with zero attached hydrogens (tertiary/aromatic N) is 1. The van der Waals surface area contributed by atoms with Crippen LogP contribution < -0.4 is 5.43 Å². The summed E-state index contributed by atoms with van der Waals surface area (Å²) in [7, 11) is 0. The predicted molar refractivity (Wildman–Crippen MR) is 41.6 cm³/mol. The second kappa shape index (κ2) is 2.89. The van der Waals surface area contributed by atoms with Gasteiger partial charge in [-0.3, -0.25) is 5.43 Å². The molecule has 2 saturated heterocycles. The molecule has 2 nitrogen and oxygen atoms in total. The smallest absolute Gasteiger partial charge is 0.0256 e. The van der Waals surface area contributed by atoms with Crippen molar-refractivity contribution in [3.8, 4) is 0 Å². The molecule has 0 spiro atoms. The molecule has 0 radical (unpaired) electrons. The normalized spacial score (nSPS) is 35.4. The average molecular weight is 140 g/mol. The molecule has 0 aromatic carbocycles. The maximum Gasteiger partial charge on any atom is 0.0256 e. The van der Waals surface area contributed by atoms with Gasteiger partial charge in [0.2, 0.25) is 0 Å². The van der Waals surface area contributed by atoms with Gasteiger partial charge in [-0.2, -0.15) is 0 Å². The fourth-order valence-corrected chi connectivity index (χ4v) is 1.85. The first-order chi connectivity index (χ1) is 4.97. The lowest BCUT2D eigenvalue weighted by Gasteiger charge is -2.42. The van der Waals surface area contributed by atoms with Crippen LogP contribution in [0.1, 0.15) is 32.1 Å². The van der Waals surface area contributed by atoms with E-state index in [1.54, 1.807) is 0 Å². The highest BCUT2D eigenvalue weighted by Gasteiger charge is 2.27. The van der Waals surface area contributed by atoms with Crippen LogP contribution in [-0.2, 0) is 0 Å². The van der Waals surface area contributed by atoms with E-state index in [1.807, 2.05) is 0 Å². The zero-order valence-electron chi connectivity index (χ0n) is 6.47. The van der Waals surface area contributed by atoms with Gasteiger partial charge in [-0.15, -0.1) is 0 Å². The van der Waals surface area contributed by atoms with Crippen molar-refractivity contribution in [2.75, 3.05) is 13.1 Å². The fourth-order valence-electron chi connectivity index (χ4n) is 1.85. The van der Waals surface area contributed by atoms with Crippen molar-refractivity contribution in [1.82, 2.24) is 10.4 Å². The highest BCUT2D eigenvalue weighted by atomic mass is 15.5. The Morgan fingerprint density at radius 3 is 2.90 bits per heavy atom. The highest BCUT2D eigenvalue weighted by Crippen LogP contribution is 2.21. The van der Waals surface area contributed by atoms with E-state index in [0.29, 0.717) is 0 Å². The molecule has 0 amide bonds. The van der Waals surface area contributed by atoms with E-state index in [9.17, 15) is 0 Å². The van der Waals surface area contributed by atoms with Gasteiger partial charge in [0, 0.05) is 19.1 Å². The zero-order valence-corrected chi connectivity index (χ0v) is 6.47. The molecule has 58 valence electrons. The van der Waals surface area contributed by atoms with E-state index in [4.69, 9.17) is 0 Å². The Bertz CT molecular complexity index is 99.8. The van der Waals surface area contributed by atoms with Gasteiger partial charge in [-0.25, -0.2) is 5.01 Å². The van der Waals surface area contributed by atoms with Gasteiger partial charge in [-0.05, 0) is 19.3 Å². The first-order valence-electron chi connectivity index (χ1n) is 4.47. The quantitative estimate of drug-likeness (QED) is 0.543. The Balaban J connectivity index is 1.83. The summed E-state index contributed by atoms with van der Waals surface area (Å²) in [5.41, 5.74) is 3.45. The third-order valence-electron chi connectivity index (χ3n) is 2.67. The van der Waals surface area contributed by atoms with Crippen LogP contribution in [0.15, 0.2) is 0 Å². The number of nitrogens with one attached hydrogen (secondary N) is 1. The van der Waals surface area contributed by atoms with Crippen LogP contribution in [0.3, 0.4) is 0 Å². The fraction of sp³-hybridized carbons (Fsp3) is 1.00. The van der Waals surface area contributed by atoms with Gasteiger partial charge in [0.15, 0.2) is 0 Å². The minimum absolute atomic E-state index is 0.889. The molecule has 2 rings (SSSR count).